The average molecular weight is 669 g/mol. The van der Waals surface area contributed by atoms with Crippen molar-refractivity contribution in [2.24, 2.45) is 7.05 Å². The summed E-state index contributed by atoms with van der Waals surface area (Å²) in [5.74, 6) is -0.968. The minimum Gasteiger partial charge on any atom is -0.467 e. The van der Waals surface area contributed by atoms with Crippen molar-refractivity contribution in [3.8, 4) is 23.2 Å². The Labute approximate surface area is 278 Å². The van der Waals surface area contributed by atoms with E-state index in [4.69, 9.17) is 10.5 Å². The highest BCUT2D eigenvalue weighted by Crippen LogP contribution is 2.48. The number of methoxy groups -OCH3 is 1. The molecule has 9 nitrogen and oxygen atoms in total. The molecule has 7 rings (SSSR count). The highest BCUT2D eigenvalue weighted by molar-refractivity contribution is 6.07. The number of ether oxygens (including phenoxy) is 1. The Balaban J connectivity index is 0.000000440. The Morgan fingerprint density at radius 3 is 2.25 bits per heavy atom. The molecule has 0 spiro atoms. The predicted octanol–water partition coefficient (Wildman–Crippen LogP) is 6.78. The largest absolute Gasteiger partial charge is 0.467 e. The van der Waals surface area contributed by atoms with Crippen molar-refractivity contribution < 1.29 is 22.3 Å². The summed E-state index contributed by atoms with van der Waals surface area (Å²) in [7, 11) is 5.16. The number of anilines is 2. The molecule has 0 aliphatic carbocycles. The lowest BCUT2D eigenvalue weighted by Gasteiger charge is -2.34. The van der Waals surface area contributed by atoms with E-state index in [1.807, 2.05) is 24.8 Å². The van der Waals surface area contributed by atoms with Gasteiger partial charge in [0.05, 0.1) is 29.4 Å². The summed E-state index contributed by atoms with van der Waals surface area (Å²) in [5, 5.41) is 13.4. The second-order valence-electron chi connectivity index (χ2n) is 12.6. The quantitative estimate of drug-likeness (QED) is 0.182. The number of aryl methyl sites for hydroxylation is 1. The van der Waals surface area contributed by atoms with Crippen LogP contribution in [-0.2, 0) is 13.2 Å². The molecule has 3 fully saturated rings. The second-order valence-corrected chi connectivity index (χ2v) is 12.6. The van der Waals surface area contributed by atoms with Crippen LogP contribution in [0, 0.1) is 24.1 Å². The van der Waals surface area contributed by atoms with E-state index in [2.05, 4.69) is 34.2 Å². The SMILES string of the molecule is CC.CC1CCCN1C.COc1nc(N2CC3CCC(C2)N3)c2cc(C(F)(F)F)c(-c3c(C)n(C)c4ccc(N)c(C#N)c34)c(F)c2n1. The lowest BCUT2D eigenvalue weighted by molar-refractivity contribution is -0.137. The maximum absolute atomic E-state index is 16.6. The molecule has 3 unspecified atom stereocenters. The summed E-state index contributed by atoms with van der Waals surface area (Å²) in [5.41, 5.74) is 4.69. The van der Waals surface area contributed by atoms with Crippen molar-refractivity contribution in [2.45, 2.75) is 77.7 Å². The first-order valence-corrected chi connectivity index (χ1v) is 16.5. The Morgan fingerprint density at radius 2 is 1.73 bits per heavy atom. The Kier molecular flexibility index (Phi) is 10.1. The van der Waals surface area contributed by atoms with Crippen LogP contribution in [0.3, 0.4) is 0 Å². The Bertz CT molecular complexity index is 1840. The monoisotopic (exact) mass is 668 g/mol. The second kappa shape index (κ2) is 13.8. The van der Waals surface area contributed by atoms with Gasteiger partial charge in [-0.2, -0.15) is 28.4 Å². The number of nitrogens with one attached hydrogen (secondary N) is 1. The number of piperazine rings is 1. The fourth-order valence-electron chi connectivity index (χ4n) is 7.13. The Hall–Kier alpha value is -4.15. The summed E-state index contributed by atoms with van der Waals surface area (Å²) in [6.45, 7) is 10.2. The van der Waals surface area contributed by atoms with Crippen molar-refractivity contribution in [1.82, 2.24) is 24.8 Å². The van der Waals surface area contributed by atoms with Gasteiger partial charge in [-0.15, -0.1) is 0 Å². The van der Waals surface area contributed by atoms with Crippen LogP contribution in [0.5, 0.6) is 6.01 Å². The Morgan fingerprint density at radius 1 is 1.06 bits per heavy atom. The number of nitrogen functional groups attached to an aromatic ring is 1. The van der Waals surface area contributed by atoms with Crippen LogP contribution in [0.2, 0.25) is 0 Å². The van der Waals surface area contributed by atoms with Crippen LogP contribution in [0.15, 0.2) is 18.2 Å². The number of benzene rings is 2. The molecule has 0 radical (unpaired) electrons. The summed E-state index contributed by atoms with van der Waals surface area (Å²) in [6, 6.07) is 7.06. The predicted molar refractivity (Wildman–Crippen MR) is 182 cm³/mol. The third kappa shape index (κ3) is 6.23. The van der Waals surface area contributed by atoms with Crippen molar-refractivity contribution >= 4 is 33.3 Å². The number of alkyl halides is 3. The minimum absolute atomic E-state index is 0.0175. The maximum Gasteiger partial charge on any atom is 0.417 e. The maximum atomic E-state index is 16.6. The van der Waals surface area contributed by atoms with Crippen LogP contribution in [-0.4, -0.2) is 71.4 Å². The summed E-state index contributed by atoms with van der Waals surface area (Å²) < 4.78 is 67.7. The average Bonchev–Trinajstić information content (AvgIpc) is 3.70. The number of hydrogen-bond acceptors (Lipinski definition) is 8. The van der Waals surface area contributed by atoms with Gasteiger partial charge in [0.1, 0.15) is 17.4 Å². The lowest BCUT2D eigenvalue weighted by Crippen LogP contribution is -2.51. The van der Waals surface area contributed by atoms with Crippen molar-refractivity contribution in [1.29, 1.82) is 5.26 Å². The summed E-state index contributed by atoms with van der Waals surface area (Å²) in [6.07, 6.45) is -0.239. The standard InChI is InChI=1S/C27H25F4N7O.C6H13N.C2H6/c1-12-20(21-16(9-32)18(33)6-7-19(21)37(12)2)22-17(27(29,30)31)8-15-24(23(22)28)35-26(39-3)36-25(15)38-10-13-4-5-14(11-38)34-13;1-6-4-3-5-7(6)2;1-2/h6-8,13-14,34H,4-5,10-11,33H2,1-3H3;6H,3-5H2,1-2H3;1-2H3. The normalized spacial score (nSPS) is 20.7. The molecule has 2 bridgehead atoms. The molecule has 3 aliphatic rings. The van der Waals surface area contributed by atoms with Gasteiger partial charge in [0, 0.05) is 65.9 Å². The zero-order valence-corrected chi connectivity index (χ0v) is 28.6. The van der Waals surface area contributed by atoms with Crippen molar-refractivity contribution in [2.75, 3.05) is 44.4 Å². The van der Waals surface area contributed by atoms with E-state index >= 15 is 4.39 Å². The third-order valence-corrected chi connectivity index (χ3v) is 9.83. The fourth-order valence-corrected chi connectivity index (χ4v) is 7.13. The van der Waals surface area contributed by atoms with Crippen LogP contribution in [0.25, 0.3) is 32.9 Å². The first-order valence-electron chi connectivity index (χ1n) is 16.5. The molecule has 2 aromatic carbocycles. The van der Waals surface area contributed by atoms with Gasteiger partial charge in [0.25, 0.3) is 0 Å². The fraction of sp³-hybridized carbons (Fsp3) is 0.514. The number of halogens is 4. The zero-order valence-electron chi connectivity index (χ0n) is 28.6. The van der Waals surface area contributed by atoms with Gasteiger partial charge in [-0.3, -0.25) is 0 Å². The molecule has 3 aliphatic heterocycles. The van der Waals surface area contributed by atoms with E-state index in [9.17, 15) is 18.4 Å². The molecular weight excluding hydrogens is 624 g/mol. The van der Waals surface area contributed by atoms with Crippen molar-refractivity contribution in [3.63, 3.8) is 0 Å². The number of rotatable bonds is 3. The topological polar surface area (TPSA) is 108 Å². The van der Waals surface area contributed by atoms with Gasteiger partial charge in [-0.05, 0) is 71.3 Å². The first-order chi connectivity index (χ1) is 22.8. The highest BCUT2D eigenvalue weighted by Gasteiger charge is 2.40. The van der Waals surface area contributed by atoms with Crippen molar-refractivity contribution in [3.05, 3.63) is 40.8 Å². The molecule has 3 saturated heterocycles. The van der Waals surface area contributed by atoms with Gasteiger partial charge in [0.2, 0.25) is 0 Å². The smallest absolute Gasteiger partial charge is 0.417 e. The number of nitriles is 1. The molecule has 258 valence electrons. The van der Waals surface area contributed by atoms with Crippen LogP contribution in [0.1, 0.15) is 63.3 Å². The third-order valence-electron chi connectivity index (χ3n) is 9.83. The molecule has 0 amide bonds. The highest BCUT2D eigenvalue weighted by atomic mass is 19.4. The molecule has 3 N–H and O–H groups in total. The van der Waals surface area contributed by atoms with E-state index in [0.717, 1.165) is 24.9 Å². The minimum atomic E-state index is -4.92. The number of nitrogens with two attached hydrogens (primary N) is 1. The van der Waals surface area contributed by atoms with Gasteiger partial charge in [0.15, 0.2) is 5.82 Å². The molecule has 0 saturated carbocycles. The number of fused-ring (bicyclic) bond motifs is 4. The summed E-state index contributed by atoms with van der Waals surface area (Å²) in [4.78, 5) is 12.8. The van der Waals surface area contributed by atoms with E-state index in [1.165, 1.54) is 32.6 Å². The number of likely N-dealkylation sites (tertiary alicyclic amines) is 1. The molecule has 4 aromatic rings. The van der Waals surface area contributed by atoms with Crippen LogP contribution in [0.4, 0.5) is 29.1 Å². The molecule has 5 heterocycles. The lowest BCUT2D eigenvalue weighted by atomic mass is 9.92. The molecular formula is C35H44F4N8O. The first kappa shape index (κ1) is 35.2. The molecule has 3 atom stereocenters. The molecule has 48 heavy (non-hydrogen) atoms. The van der Waals surface area contributed by atoms with E-state index < -0.39 is 23.1 Å². The van der Waals surface area contributed by atoms with Crippen LogP contribution < -0.4 is 20.7 Å². The molecule has 13 heteroatoms. The van der Waals surface area contributed by atoms with Gasteiger partial charge < -0.3 is 30.2 Å². The van der Waals surface area contributed by atoms with E-state index in [-0.39, 0.29) is 57.0 Å². The van der Waals surface area contributed by atoms with Gasteiger partial charge in [-0.1, -0.05) is 13.8 Å². The van der Waals surface area contributed by atoms with Gasteiger partial charge in [-0.25, -0.2) is 4.39 Å². The van der Waals surface area contributed by atoms with Crippen LogP contribution >= 0.6 is 0 Å². The van der Waals surface area contributed by atoms with E-state index in [0.29, 0.717) is 24.3 Å². The number of aromatic nitrogens is 3. The van der Waals surface area contributed by atoms with E-state index in [1.54, 1.807) is 24.6 Å². The number of hydrogen-bond donors (Lipinski definition) is 2. The zero-order chi connectivity index (χ0) is 35.1. The molecule has 2 aromatic heterocycles. The summed E-state index contributed by atoms with van der Waals surface area (Å²) >= 11 is 0. The number of nitrogens with zero attached hydrogens (tertiary/aromatic N) is 6. The van der Waals surface area contributed by atoms with Gasteiger partial charge >= 0.3 is 12.2 Å².